The number of halogens is 1. The number of H-pyrrole nitrogens is 1. The molecule has 1 aliphatic rings. The molecule has 1 aliphatic carbocycles. The van der Waals surface area contributed by atoms with Gasteiger partial charge in [-0.25, -0.2) is 9.98 Å². The van der Waals surface area contributed by atoms with Crippen LogP contribution in [0.4, 0.5) is 0 Å². The summed E-state index contributed by atoms with van der Waals surface area (Å²) < 4.78 is 11.3. The number of nitrogens with one attached hydrogen (secondary N) is 3. The molecule has 1 fully saturated rings. The van der Waals surface area contributed by atoms with Crippen molar-refractivity contribution in [2.24, 2.45) is 10.9 Å². The Bertz CT molecular complexity index is 712. The topological polar surface area (TPSA) is 100 Å². The maximum atomic E-state index is 6.00. The van der Waals surface area contributed by atoms with E-state index in [4.69, 9.17) is 9.15 Å². The van der Waals surface area contributed by atoms with E-state index in [1.54, 1.807) is 6.26 Å². The highest BCUT2D eigenvalue weighted by Gasteiger charge is 2.25. The third-order valence-corrected chi connectivity index (χ3v) is 5.03. The van der Waals surface area contributed by atoms with Crippen molar-refractivity contribution in [3.8, 4) is 11.6 Å². The highest BCUT2D eigenvalue weighted by Crippen LogP contribution is 2.30. The van der Waals surface area contributed by atoms with Gasteiger partial charge in [-0.15, -0.1) is 29.1 Å². The molecule has 29 heavy (non-hydrogen) atoms. The molecule has 0 aliphatic heterocycles. The quantitative estimate of drug-likeness (QED) is 0.253. The van der Waals surface area contributed by atoms with Crippen LogP contribution in [0.5, 0.6) is 0 Å². The van der Waals surface area contributed by atoms with Crippen LogP contribution in [0.2, 0.25) is 0 Å². The van der Waals surface area contributed by atoms with Gasteiger partial charge in [-0.2, -0.15) is 0 Å². The molecule has 3 N–H and O–H groups in total. The molecule has 2 aromatic heterocycles. The molecule has 8 nitrogen and oxygen atoms in total. The second-order valence-electron chi connectivity index (χ2n) is 7.03. The van der Waals surface area contributed by atoms with Gasteiger partial charge in [-0.3, -0.25) is 5.10 Å². The molecule has 0 aromatic carbocycles. The van der Waals surface area contributed by atoms with Gasteiger partial charge >= 0.3 is 0 Å². The molecule has 0 radical (unpaired) electrons. The minimum atomic E-state index is 0. The van der Waals surface area contributed by atoms with E-state index in [2.05, 4.69) is 44.7 Å². The van der Waals surface area contributed by atoms with Gasteiger partial charge in [0.2, 0.25) is 5.82 Å². The predicted octanol–water partition coefficient (Wildman–Crippen LogP) is 3.72. The number of rotatable bonds is 10. The van der Waals surface area contributed by atoms with Crippen molar-refractivity contribution >= 4 is 29.9 Å². The van der Waals surface area contributed by atoms with Gasteiger partial charge in [0.25, 0.3) is 0 Å². The average Bonchev–Trinajstić information content (AvgIpc) is 3.47. The Labute approximate surface area is 189 Å². The molecule has 0 saturated heterocycles. The summed E-state index contributed by atoms with van der Waals surface area (Å²) in [6.45, 7) is 6.97. The number of hydrogen-bond acceptors (Lipinski definition) is 5. The third kappa shape index (κ3) is 7.29. The zero-order valence-electron chi connectivity index (χ0n) is 17.3. The van der Waals surface area contributed by atoms with Crippen molar-refractivity contribution in [2.45, 2.75) is 58.6 Å². The van der Waals surface area contributed by atoms with Crippen LogP contribution in [0.15, 0.2) is 27.8 Å². The maximum absolute atomic E-state index is 6.00. The Balaban J connectivity index is 0.00000300. The van der Waals surface area contributed by atoms with Crippen LogP contribution < -0.4 is 10.6 Å². The molecular weight excluding hydrogens is 483 g/mol. The van der Waals surface area contributed by atoms with Crippen LogP contribution in [0, 0.1) is 5.92 Å². The van der Waals surface area contributed by atoms with Gasteiger partial charge in [-0.1, -0.05) is 12.8 Å². The summed E-state index contributed by atoms with van der Waals surface area (Å²) in [6.07, 6.45) is 8.20. The van der Waals surface area contributed by atoms with Crippen molar-refractivity contribution in [2.75, 3.05) is 19.7 Å². The fraction of sp³-hybridized carbons (Fsp3) is 0.650. The second kappa shape index (κ2) is 12.8. The highest BCUT2D eigenvalue weighted by molar-refractivity contribution is 14.0. The van der Waals surface area contributed by atoms with Gasteiger partial charge in [0.1, 0.15) is 12.4 Å². The molecule has 0 spiro atoms. The Morgan fingerprint density at radius 3 is 2.86 bits per heavy atom. The fourth-order valence-corrected chi connectivity index (χ4v) is 3.71. The predicted molar refractivity (Wildman–Crippen MR) is 124 cm³/mol. The van der Waals surface area contributed by atoms with E-state index in [-0.39, 0.29) is 24.0 Å². The van der Waals surface area contributed by atoms with Crippen LogP contribution in [0.1, 0.15) is 51.8 Å². The minimum absolute atomic E-state index is 0. The summed E-state index contributed by atoms with van der Waals surface area (Å²) in [5, 5.41) is 13.8. The summed E-state index contributed by atoms with van der Waals surface area (Å²) in [6, 6.07) is 3.65. The molecule has 1 atom stereocenters. The van der Waals surface area contributed by atoms with Crippen molar-refractivity contribution in [3.63, 3.8) is 0 Å². The first-order valence-electron chi connectivity index (χ1n) is 10.4. The van der Waals surface area contributed by atoms with E-state index < -0.39 is 0 Å². The first-order chi connectivity index (χ1) is 13.8. The monoisotopic (exact) mass is 516 g/mol. The summed E-state index contributed by atoms with van der Waals surface area (Å²) in [5.74, 6) is 3.37. The van der Waals surface area contributed by atoms with Gasteiger partial charge in [0.05, 0.1) is 12.4 Å². The number of aromatic amines is 1. The maximum Gasteiger partial charge on any atom is 0.216 e. The molecule has 2 aromatic rings. The van der Waals surface area contributed by atoms with Crippen LogP contribution in [0.25, 0.3) is 11.6 Å². The van der Waals surface area contributed by atoms with Crippen molar-refractivity contribution in [1.82, 2.24) is 25.8 Å². The molecule has 3 rings (SSSR count). The van der Waals surface area contributed by atoms with Crippen LogP contribution in [-0.4, -0.2) is 46.9 Å². The number of guanidine groups is 1. The Kier molecular flexibility index (Phi) is 10.5. The zero-order valence-corrected chi connectivity index (χ0v) is 19.6. The number of aliphatic imine (C=N–C) groups is 1. The van der Waals surface area contributed by atoms with E-state index in [1.165, 1.54) is 25.7 Å². The van der Waals surface area contributed by atoms with Gasteiger partial charge in [0.15, 0.2) is 11.7 Å². The first-order valence-corrected chi connectivity index (χ1v) is 10.4. The van der Waals surface area contributed by atoms with E-state index in [0.717, 1.165) is 32.1 Å². The van der Waals surface area contributed by atoms with E-state index >= 15 is 0 Å². The van der Waals surface area contributed by atoms with E-state index in [9.17, 15) is 0 Å². The Morgan fingerprint density at radius 1 is 1.34 bits per heavy atom. The van der Waals surface area contributed by atoms with Gasteiger partial charge in [-0.05, 0) is 51.2 Å². The van der Waals surface area contributed by atoms with E-state index in [0.29, 0.717) is 36.0 Å². The zero-order chi connectivity index (χ0) is 19.6. The molecule has 0 amide bonds. The molecule has 9 heteroatoms. The highest BCUT2D eigenvalue weighted by atomic mass is 127. The molecule has 1 saturated carbocycles. The fourth-order valence-electron chi connectivity index (χ4n) is 3.71. The van der Waals surface area contributed by atoms with Crippen LogP contribution in [-0.2, 0) is 11.3 Å². The SMILES string of the molecule is CCNC(=NCc1nc(-c2ccco2)n[nH]1)NCCC(OCC)C1CCCC1.I. The largest absolute Gasteiger partial charge is 0.461 e. The smallest absolute Gasteiger partial charge is 0.216 e. The molecular formula is C20H33IN6O2. The van der Waals surface area contributed by atoms with E-state index in [1.807, 2.05) is 12.1 Å². The molecule has 162 valence electrons. The Morgan fingerprint density at radius 2 is 2.17 bits per heavy atom. The van der Waals surface area contributed by atoms with Crippen molar-refractivity contribution < 1.29 is 9.15 Å². The number of aromatic nitrogens is 3. The lowest BCUT2D eigenvalue weighted by Crippen LogP contribution is -2.39. The van der Waals surface area contributed by atoms with Crippen molar-refractivity contribution in [3.05, 3.63) is 24.2 Å². The summed E-state index contributed by atoms with van der Waals surface area (Å²) in [7, 11) is 0. The molecule has 1 unspecified atom stereocenters. The van der Waals surface area contributed by atoms with Gasteiger partial charge in [0, 0.05) is 19.7 Å². The van der Waals surface area contributed by atoms with Crippen molar-refractivity contribution in [1.29, 1.82) is 0 Å². The summed E-state index contributed by atoms with van der Waals surface area (Å²) >= 11 is 0. The van der Waals surface area contributed by atoms with Gasteiger partial charge < -0.3 is 19.8 Å². The first kappa shape index (κ1) is 23.7. The average molecular weight is 516 g/mol. The number of furan rings is 1. The summed E-state index contributed by atoms with van der Waals surface area (Å²) in [4.78, 5) is 9.03. The number of nitrogens with zero attached hydrogens (tertiary/aromatic N) is 3. The lowest BCUT2D eigenvalue weighted by Gasteiger charge is -2.24. The van der Waals surface area contributed by atoms with Crippen LogP contribution >= 0.6 is 24.0 Å². The Hall–Kier alpha value is -1.62. The normalized spacial score (nSPS) is 15.9. The lowest BCUT2D eigenvalue weighted by atomic mass is 9.98. The molecule has 0 bridgehead atoms. The number of ether oxygens (including phenoxy) is 1. The minimum Gasteiger partial charge on any atom is -0.461 e. The molecule has 2 heterocycles. The van der Waals surface area contributed by atoms with Crippen LogP contribution in [0.3, 0.4) is 0 Å². The lowest BCUT2D eigenvalue weighted by molar-refractivity contribution is 0.0169. The third-order valence-electron chi connectivity index (χ3n) is 5.03. The summed E-state index contributed by atoms with van der Waals surface area (Å²) in [5.41, 5.74) is 0. The second-order valence-corrected chi connectivity index (χ2v) is 7.03. The number of hydrogen-bond donors (Lipinski definition) is 3. The standard InChI is InChI=1S/C20H32N6O2.HI/c1-3-21-20(22-12-11-16(27-4-2)15-8-5-6-9-15)23-14-18-24-19(26-25-18)17-10-7-13-28-17;/h7,10,13,15-16H,3-6,8-9,11-12,14H2,1-2H3,(H2,21,22,23)(H,24,25,26);1H.